The van der Waals surface area contributed by atoms with E-state index in [1.54, 1.807) is 0 Å². The number of nitrogens with zero attached hydrogens (tertiary/aromatic N) is 2. The van der Waals surface area contributed by atoms with Gasteiger partial charge in [-0.2, -0.15) is 0 Å². The third kappa shape index (κ3) is 2.74. The number of nitrogens with two attached hydrogens (primary N) is 1. The molecule has 106 valence electrons. The zero-order chi connectivity index (χ0) is 14.7. The van der Waals surface area contributed by atoms with Gasteiger partial charge in [0.25, 0.3) is 0 Å². The lowest BCUT2D eigenvalue weighted by atomic mass is 10.1. The van der Waals surface area contributed by atoms with Crippen LogP contribution < -0.4 is 11.3 Å². The predicted molar refractivity (Wildman–Crippen MR) is 82.4 cm³/mol. The fourth-order valence-corrected chi connectivity index (χ4v) is 2.81. The van der Waals surface area contributed by atoms with Crippen LogP contribution in [0, 0.1) is 0 Å². The van der Waals surface area contributed by atoms with E-state index >= 15 is 0 Å². The monoisotopic (exact) mass is 299 g/mol. The molecule has 0 spiro atoms. The van der Waals surface area contributed by atoms with Crippen molar-refractivity contribution < 1.29 is 4.79 Å². The zero-order valence-electron chi connectivity index (χ0n) is 11.0. The van der Waals surface area contributed by atoms with Gasteiger partial charge in [-0.05, 0) is 5.56 Å². The molecule has 6 nitrogen and oxygen atoms in total. The van der Waals surface area contributed by atoms with Crippen LogP contribution in [0.5, 0.6) is 0 Å². The minimum Gasteiger partial charge on any atom is -0.357 e. The van der Waals surface area contributed by atoms with Gasteiger partial charge < -0.3 is 4.98 Å². The number of rotatable bonds is 4. The van der Waals surface area contributed by atoms with Gasteiger partial charge in [0.2, 0.25) is 5.91 Å². The van der Waals surface area contributed by atoms with E-state index in [9.17, 15) is 4.79 Å². The first-order chi connectivity index (χ1) is 10.3. The molecule has 1 aromatic carbocycles. The van der Waals surface area contributed by atoms with Crippen LogP contribution >= 0.6 is 11.8 Å². The van der Waals surface area contributed by atoms with Crippen molar-refractivity contribution in [3.05, 3.63) is 42.9 Å². The molecule has 21 heavy (non-hydrogen) atoms. The Morgan fingerprint density at radius 2 is 2.10 bits per heavy atom. The largest absolute Gasteiger partial charge is 0.357 e. The number of fused-ring (bicyclic) bond motifs is 1. The van der Waals surface area contributed by atoms with Crippen LogP contribution in [0.15, 0.2) is 47.9 Å². The molecular weight excluding hydrogens is 286 g/mol. The van der Waals surface area contributed by atoms with Crippen LogP contribution in [-0.4, -0.2) is 26.6 Å². The molecule has 0 radical (unpaired) electrons. The smallest absolute Gasteiger partial charge is 0.244 e. The fraction of sp³-hybridized carbons (Fsp3) is 0.0714. The van der Waals surface area contributed by atoms with Crippen LogP contribution in [0.1, 0.15) is 0 Å². The third-order valence-electron chi connectivity index (χ3n) is 3.01. The molecule has 0 aliphatic rings. The molecule has 0 aliphatic carbocycles. The molecule has 0 saturated carbocycles. The van der Waals surface area contributed by atoms with Gasteiger partial charge in [-0.25, -0.2) is 15.8 Å². The van der Waals surface area contributed by atoms with Crippen LogP contribution in [0.3, 0.4) is 0 Å². The number of thioether (sulfide) groups is 1. The highest BCUT2D eigenvalue weighted by Gasteiger charge is 2.12. The number of nitrogens with one attached hydrogen (secondary N) is 2. The minimum absolute atomic E-state index is 0.211. The van der Waals surface area contributed by atoms with Crippen molar-refractivity contribution >= 4 is 28.7 Å². The highest BCUT2D eigenvalue weighted by molar-refractivity contribution is 8.00. The van der Waals surface area contributed by atoms with Crippen LogP contribution in [0.2, 0.25) is 0 Å². The van der Waals surface area contributed by atoms with Crippen molar-refractivity contribution in [1.29, 1.82) is 0 Å². The average Bonchev–Trinajstić information content (AvgIpc) is 2.98. The number of hydrazine groups is 1. The van der Waals surface area contributed by atoms with E-state index in [0.29, 0.717) is 0 Å². The summed E-state index contributed by atoms with van der Waals surface area (Å²) in [4.78, 5) is 23.0. The molecule has 2 aromatic heterocycles. The standard InChI is InChI=1S/C14H13N5OS/c15-19-11(20)7-21-14-13-12(17-8-18-14)10(6-16-13)9-4-2-1-3-5-9/h1-6,8,16H,7,15H2,(H,19,20). The molecular formula is C14H13N5OS. The Morgan fingerprint density at radius 1 is 1.29 bits per heavy atom. The number of amides is 1. The number of aromatic nitrogens is 3. The summed E-state index contributed by atoms with van der Waals surface area (Å²) in [6.45, 7) is 0. The maximum atomic E-state index is 11.2. The van der Waals surface area contributed by atoms with Gasteiger partial charge in [0.1, 0.15) is 16.9 Å². The molecule has 0 fully saturated rings. The lowest BCUT2D eigenvalue weighted by Gasteiger charge is -2.02. The number of benzene rings is 1. The first-order valence-corrected chi connectivity index (χ1v) is 7.28. The van der Waals surface area contributed by atoms with Gasteiger partial charge >= 0.3 is 0 Å². The van der Waals surface area contributed by atoms with Crippen LogP contribution in [0.4, 0.5) is 0 Å². The van der Waals surface area contributed by atoms with Gasteiger partial charge in [-0.1, -0.05) is 42.1 Å². The molecule has 1 amide bonds. The number of carbonyl (C=O) groups excluding carboxylic acids is 1. The van der Waals surface area contributed by atoms with Crippen molar-refractivity contribution in [1.82, 2.24) is 20.4 Å². The van der Waals surface area contributed by atoms with Crippen molar-refractivity contribution in [2.45, 2.75) is 5.03 Å². The summed E-state index contributed by atoms with van der Waals surface area (Å²) in [6.07, 6.45) is 3.41. The Kier molecular flexibility index (Phi) is 3.85. The van der Waals surface area contributed by atoms with Crippen molar-refractivity contribution in [3.63, 3.8) is 0 Å². The Balaban J connectivity index is 1.98. The summed E-state index contributed by atoms with van der Waals surface area (Å²) < 4.78 is 0. The van der Waals surface area contributed by atoms with E-state index in [4.69, 9.17) is 5.84 Å². The third-order valence-corrected chi connectivity index (χ3v) is 4.00. The lowest BCUT2D eigenvalue weighted by molar-refractivity contribution is -0.118. The van der Waals surface area contributed by atoms with Crippen LogP contribution in [0.25, 0.3) is 22.2 Å². The Hall–Kier alpha value is -2.38. The molecule has 3 aromatic rings. The van der Waals surface area contributed by atoms with Gasteiger partial charge in [-0.15, -0.1) is 0 Å². The molecule has 0 aliphatic heterocycles. The topological polar surface area (TPSA) is 96.7 Å². The molecule has 2 heterocycles. The second-order valence-corrected chi connectivity index (χ2v) is 5.29. The number of aromatic amines is 1. The highest BCUT2D eigenvalue weighted by Crippen LogP contribution is 2.31. The molecule has 0 bridgehead atoms. The normalized spacial score (nSPS) is 10.7. The van der Waals surface area contributed by atoms with E-state index < -0.39 is 0 Å². The molecule has 3 rings (SSSR count). The van der Waals surface area contributed by atoms with Gasteiger partial charge in [0, 0.05) is 11.8 Å². The highest BCUT2D eigenvalue weighted by atomic mass is 32.2. The van der Waals surface area contributed by atoms with Crippen molar-refractivity contribution in [2.75, 3.05) is 5.75 Å². The van der Waals surface area contributed by atoms with Gasteiger partial charge in [-0.3, -0.25) is 10.2 Å². The quantitative estimate of drug-likeness (QED) is 0.224. The summed E-state index contributed by atoms with van der Waals surface area (Å²) in [7, 11) is 0. The van der Waals surface area contributed by atoms with E-state index in [1.165, 1.54) is 18.1 Å². The zero-order valence-corrected chi connectivity index (χ0v) is 11.9. The summed E-state index contributed by atoms with van der Waals surface area (Å²) in [6, 6.07) is 9.99. The van der Waals surface area contributed by atoms with Gasteiger partial charge in [0.15, 0.2) is 0 Å². The first kappa shape index (κ1) is 13.6. The first-order valence-electron chi connectivity index (χ1n) is 6.29. The summed E-state index contributed by atoms with van der Waals surface area (Å²) in [5.41, 5.74) is 5.86. The molecule has 0 unspecified atom stereocenters. The average molecular weight is 299 g/mol. The summed E-state index contributed by atoms with van der Waals surface area (Å²) in [5, 5.41) is 0.728. The van der Waals surface area contributed by atoms with E-state index in [2.05, 4.69) is 20.4 Å². The second kappa shape index (κ2) is 5.94. The SMILES string of the molecule is NNC(=O)CSc1ncnc2c(-c3ccccc3)c[nH]c12. The molecule has 0 saturated heterocycles. The van der Waals surface area contributed by atoms with Crippen molar-refractivity contribution in [2.24, 2.45) is 5.84 Å². The minimum atomic E-state index is -0.249. The molecule has 0 atom stereocenters. The molecule has 7 heteroatoms. The Labute approximate surface area is 125 Å². The maximum absolute atomic E-state index is 11.2. The second-order valence-electron chi connectivity index (χ2n) is 4.33. The number of hydrogen-bond donors (Lipinski definition) is 3. The predicted octanol–water partition coefficient (Wildman–Crippen LogP) is 1.71. The number of carbonyl (C=O) groups is 1. The molecule has 4 N–H and O–H groups in total. The van der Waals surface area contributed by atoms with E-state index in [0.717, 1.165) is 27.2 Å². The maximum Gasteiger partial charge on any atom is 0.244 e. The van der Waals surface area contributed by atoms with Crippen molar-refractivity contribution in [3.8, 4) is 11.1 Å². The summed E-state index contributed by atoms with van der Waals surface area (Å²) in [5.74, 6) is 5.04. The summed E-state index contributed by atoms with van der Waals surface area (Å²) >= 11 is 1.32. The lowest BCUT2D eigenvalue weighted by Crippen LogP contribution is -2.31. The van der Waals surface area contributed by atoms with Crippen LogP contribution in [-0.2, 0) is 4.79 Å². The fourth-order valence-electron chi connectivity index (χ4n) is 2.04. The van der Waals surface area contributed by atoms with E-state index in [1.807, 2.05) is 36.5 Å². The number of H-pyrrole nitrogens is 1. The Morgan fingerprint density at radius 3 is 2.86 bits per heavy atom. The van der Waals surface area contributed by atoms with Gasteiger partial charge in [0.05, 0.1) is 11.3 Å². The Bertz CT molecular complexity index is 771. The number of hydrogen-bond acceptors (Lipinski definition) is 5. The van der Waals surface area contributed by atoms with E-state index in [-0.39, 0.29) is 11.7 Å².